The van der Waals surface area contributed by atoms with E-state index in [4.69, 9.17) is 0 Å². The van der Waals surface area contributed by atoms with Crippen molar-refractivity contribution >= 4 is 18.8 Å². The molecule has 1 atom stereocenters. The first-order valence-electron chi connectivity index (χ1n) is 6.01. The predicted molar refractivity (Wildman–Crippen MR) is 76.9 cm³/mol. The van der Waals surface area contributed by atoms with Crippen LogP contribution in [0.2, 0.25) is 0 Å². The van der Waals surface area contributed by atoms with Gasteiger partial charge in [-0.1, -0.05) is 74.4 Å². The van der Waals surface area contributed by atoms with Crippen molar-refractivity contribution in [2.45, 2.75) is 6.42 Å². The minimum absolute atomic E-state index is 0.0652. The van der Waals surface area contributed by atoms with E-state index in [0.717, 1.165) is 0 Å². The van der Waals surface area contributed by atoms with Gasteiger partial charge in [0.1, 0.15) is 0 Å². The van der Waals surface area contributed by atoms with Crippen LogP contribution in [0.4, 0.5) is 0 Å². The van der Waals surface area contributed by atoms with Gasteiger partial charge in [0.25, 0.3) is 0 Å². The Hall–Kier alpha value is -1.39. The van der Waals surface area contributed by atoms with Crippen molar-refractivity contribution in [3.63, 3.8) is 0 Å². The summed E-state index contributed by atoms with van der Waals surface area (Å²) in [4.78, 5) is 0. The van der Waals surface area contributed by atoms with Gasteiger partial charge in [0.2, 0.25) is 0 Å². The summed E-state index contributed by atoms with van der Waals surface area (Å²) in [5, 5.41) is 1.51. The highest BCUT2D eigenvalue weighted by molar-refractivity contribution is 7.69. The SMILES string of the molecule is C1=C(c2ccccc2)CCP1c1ccccc1. The lowest BCUT2D eigenvalue weighted by atomic mass is 10.1. The molecular formula is C16H15P. The molecule has 84 valence electrons. The standard InChI is InChI=1S/C16H15P/c1-3-7-14(8-4-1)15-11-12-17(13-15)16-9-5-2-6-10-16/h1-10,13H,11-12H2. The fourth-order valence-corrected chi connectivity index (χ4v) is 4.48. The smallest absolute Gasteiger partial charge is 0.0201 e. The second kappa shape index (κ2) is 4.85. The normalized spacial score (nSPS) is 19.1. The van der Waals surface area contributed by atoms with Crippen molar-refractivity contribution in [3.8, 4) is 0 Å². The Kier molecular flexibility index (Phi) is 3.07. The van der Waals surface area contributed by atoms with Gasteiger partial charge in [-0.15, -0.1) is 0 Å². The molecule has 1 aliphatic rings. The second-order valence-electron chi connectivity index (χ2n) is 4.30. The van der Waals surface area contributed by atoms with Crippen LogP contribution in [-0.2, 0) is 0 Å². The summed E-state index contributed by atoms with van der Waals surface area (Å²) in [7, 11) is -0.0652. The maximum Gasteiger partial charge on any atom is -0.0201 e. The fraction of sp³-hybridized carbons (Fsp3) is 0.125. The van der Waals surface area contributed by atoms with Crippen LogP contribution in [-0.4, -0.2) is 6.16 Å². The van der Waals surface area contributed by atoms with Crippen LogP contribution in [0.1, 0.15) is 12.0 Å². The van der Waals surface area contributed by atoms with Crippen molar-refractivity contribution in [1.82, 2.24) is 0 Å². The van der Waals surface area contributed by atoms with Crippen LogP contribution in [0, 0.1) is 0 Å². The lowest BCUT2D eigenvalue weighted by molar-refractivity contribution is 1.28. The highest BCUT2D eigenvalue weighted by atomic mass is 31.1. The zero-order valence-corrected chi connectivity index (χ0v) is 10.6. The largest absolute Gasteiger partial charge is 0.0622 e. The summed E-state index contributed by atoms with van der Waals surface area (Å²) in [6, 6.07) is 21.7. The molecule has 1 aliphatic heterocycles. The molecule has 0 N–H and O–H groups in total. The molecule has 0 saturated carbocycles. The maximum absolute atomic E-state index is 2.50. The Labute approximate surface area is 104 Å². The molecule has 3 rings (SSSR count). The number of hydrogen-bond donors (Lipinski definition) is 0. The first kappa shape index (κ1) is 10.7. The molecule has 0 fully saturated rings. The lowest BCUT2D eigenvalue weighted by Crippen LogP contribution is -1.97. The van der Waals surface area contributed by atoms with E-state index in [9.17, 15) is 0 Å². The highest BCUT2D eigenvalue weighted by Gasteiger charge is 2.17. The van der Waals surface area contributed by atoms with E-state index in [1.165, 1.54) is 29.0 Å². The number of benzene rings is 2. The summed E-state index contributed by atoms with van der Waals surface area (Å²) in [5.74, 6) is 2.50. The van der Waals surface area contributed by atoms with Crippen LogP contribution in [0.3, 0.4) is 0 Å². The molecule has 0 amide bonds. The quantitative estimate of drug-likeness (QED) is 0.686. The average Bonchev–Trinajstić information content (AvgIpc) is 2.90. The molecule has 0 nitrogen and oxygen atoms in total. The Morgan fingerprint density at radius 1 is 0.765 bits per heavy atom. The van der Waals surface area contributed by atoms with Gasteiger partial charge in [0.05, 0.1) is 0 Å². The summed E-state index contributed by atoms with van der Waals surface area (Å²) in [5.41, 5.74) is 2.92. The summed E-state index contributed by atoms with van der Waals surface area (Å²) < 4.78 is 0. The van der Waals surface area contributed by atoms with E-state index < -0.39 is 0 Å². The van der Waals surface area contributed by atoms with E-state index in [2.05, 4.69) is 66.5 Å². The predicted octanol–water partition coefficient (Wildman–Crippen LogP) is 4.24. The molecule has 0 aliphatic carbocycles. The third-order valence-corrected chi connectivity index (χ3v) is 5.46. The first-order valence-corrected chi connectivity index (χ1v) is 7.61. The van der Waals surface area contributed by atoms with Crippen LogP contribution in [0.25, 0.3) is 5.57 Å². The zero-order chi connectivity index (χ0) is 11.5. The van der Waals surface area contributed by atoms with Gasteiger partial charge in [-0.2, -0.15) is 0 Å². The monoisotopic (exact) mass is 238 g/mol. The molecule has 1 unspecified atom stereocenters. The summed E-state index contributed by atoms with van der Waals surface area (Å²) in [6.07, 6.45) is 2.54. The topological polar surface area (TPSA) is 0 Å². The molecular weight excluding hydrogens is 223 g/mol. The average molecular weight is 238 g/mol. The van der Waals surface area contributed by atoms with Gasteiger partial charge in [-0.25, -0.2) is 0 Å². The molecule has 2 aromatic rings. The van der Waals surface area contributed by atoms with E-state index in [0.29, 0.717) is 0 Å². The van der Waals surface area contributed by atoms with Gasteiger partial charge < -0.3 is 0 Å². The van der Waals surface area contributed by atoms with Gasteiger partial charge in [-0.05, 0) is 29.0 Å². The second-order valence-corrected chi connectivity index (χ2v) is 6.46. The molecule has 0 aromatic heterocycles. The van der Waals surface area contributed by atoms with Crippen molar-refractivity contribution in [2.24, 2.45) is 0 Å². The Balaban J connectivity index is 1.87. The third kappa shape index (κ3) is 2.33. The molecule has 1 heteroatoms. The molecule has 0 saturated heterocycles. The Morgan fingerprint density at radius 2 is 1.41 bits per heavy atom. The van der Waals surface area contributed by atoms with Gasteiger partial charge in [0, 0.05) is 0 Å². The van der Waals surface area contributed by atoms with E-state index in [1.807, 2.05) is 0 Å². The maximum atomic E-state index is 2.50. The van der Waals surface area contributed by atoms with Crippen molar-refractivity contribution in [2.75, 3.05) is 6.16 Å². The van der Waals surface area contributed by atoms with Crippen LogP contribution >= 0.6 is 7.92 Å². The van der Waals surface area contributed by atoms with Crippen LogP contribution in [0.15, 0.2) is 66.5 Å². The molecule has 0 bridgehead atoms. The van der Waals surface area contributed by atoms with Crippen molar-refractivity contribution < 1.29 is 0 Å². The van der Waals surface area contributed by atoms with Crippen molar-refractivity contribution in [3.05, 3.63) is 72.0 Å². The molecule has 17 heavy (non-hydrogen) atoms. The molecule has 0 spiro atoms. The van der Waals surface area contributed by atoms with Gasteiger partial charge in [0.15, 0.2) is 0 Å². The highest BCUT2D eigenvalue weighted by Crippen LogP contribution is 2.47. The lowest BCUT2D eigenvalue weighted by Gasteiger charge is -2.06. The molecule has 0 radical (unpaired) electrons. The zero-order valence-electron chi connectivity index (χ0n) is 9.71. The molecule has 1 heterocycles. The van der Waals surface area contributed by atoms with Crippen LogP contribution in [0.5, 0.6) is 0 Å². The number of hydrogen-bond acceptors (Lipinski definition) is 0. The minimum Gasteiger partial charge on any atom is -0.0622 e. The third-order valence-electron chi connectivity index (χ3n) is 3.17. The summed E-state index contributed by atoms with van der Waals surface area (Å²) in [6.45, 7) is 0. The number of rotatable bonds is 2. The van der Waals surface area contributed by atoms with E-state index in [-0.39, 0.29) is 7.92 Å². The van der Waals surface area contributed by atoms with E-state index >= 15 is 0 Å². The Morgan fingerprint density at radius 3 is 2.12 bits per heavy atom. The first-order chi connectivity index (χ1) is 8.43. The number of allylic oxidation sites excluding steroid dienone is 1. The minimum atomic E-state index is -0.0652. The fourth-order valence-electron chi connectivity index (χ4n) is 2.25. The Bertz CT molecular complexity index is 514. The summed E-state index contributed by atoms with van der Waals surface area (Å²) >= 11 is 0. The van der Waals surface area contributed by atoms with Gasteiger partial charge in [-0.3, -0.25) is 0 Å². The van der Waals surface area contributed by atoms with E-state index in [1.54, 1.807) is 0 Å². The van der Waals surface area contributed by atoms with Gasteiger partial charge >= 0.3 is 0 Å². The van der Waals surface area contributed by atoms with Crippen molar-refractivity contribution in [1.29, 1.82) is 0 Å². The van der Waals surface area contributed by atoms with Crippen LogP contribution < -0.4 is 5.30 Å². The molecule has 2 aromatic carbocycles.